The monoisotopic (exact) mass is 395 g/mol. The zero-order valence-corrected chi connectivity index (χ0v) is 16.9. The van der Waals surface area contributed by atoms with Gasteiger partial charge in [-0.25, -0.2) is 9.97 Å². The topological polar surface area (TPSA) is 29.0 Å². The molecule has 0 aliphatic carbocycles. The molecule has 4 rings (SSSR count). The molecule has 0 unspecified atom stereocenters. The predicted octanol–water partition coefficient (Wildman–Crippen LogP) is 5.54. The van der Waals surface area contributed by atoms with Crippen molar-refractivity contribution in [1.82, 2.24) is 14.9 Å². The van der Waals surface area contributed by atoms with E-state index in [0.29, 0.717) is 5.28 Å². The molecule has 0 saturated heterocycles. The smallest absolute Gasteiger partial charge is 0.222 e. The molecule has 0 spiro atoms. The molecule has 1 atom stereocenters. The highest BCUT2D eigenvalue weighted by Gasteiger charge is 2.22. The summed E-state index contributed by atoms with van der Waals surface area (Å²) in [4.78, 5) is 12.1. The van der Waals surface area contributed by atoms with E-state index in [1.54, 1.807) is 0 Å². The number of benzene rings is 2. The Kier molecular flexibility index (Phi) is 5.77. The van der Waals surface area contributed by atoms with E-state index in [1.165, 1.54) is 21.6 Å². The van der Waals surface area contributed by atoms with Crippen molar-refractivity contribution in [2.75, 3.05) is 6.54 Å². The largest absolute Gasteiger partial charge is 0.292 e. The van der Waals surface area contributed by atoms with E-state index in [4.69, 9.17) is 11.6 Å². The van der Waals surface area contributed by atoms with Crippen molar-refractivity contribution in [3.63, 3.8) is 0 Å². The highest BCUT2D eigenvalue weighted by molar-refractivity contribution is 7.98. The first kappa shape index (κ1) is 18.5. The predicted molar refractivity (Wildman–Crippen MR) is 112 cm³/mol. The van der Waals surface area contributed by atoms with Gasteiger partial charge in [0, 0.05) is 47.7 Å². The summed E-state index contributed by atoms with van der Waals surface area (Å²) < 4.78 is 0. The summed E-state index contributed by atoms with van der Waals surface area (Å²) in [5.74, 6) is 1.00. The molecule has 1 aliphatic rings. The van der Waals surface area contributed by atoms with Crippen LogP contribution in [0.3, 0.4) is 0 Å². The van der Waals surface area contributed by atoms with Crippen molar-refractivity contribution in [2.45, 2.75) is 36.6 Å². The van der Waals surface area contributed by atoms with E-state index in [1.807, 2.05) is 24.2 Å². The Balaban J connectivity index is 1.45. The van der Waals surface area contributed by atoms with Gasteiger partial charge >= 0.3 is 0 Å². The van der Waals surface area contributed by atoms with Crippen LogP contribution >= 0.6 is 23.4 Å². The second kappa shape index (κ2) is 8.42. The number of nitrogens with zero attached hydrogens (tertiary/aromatic N) is 3. The molecule has 138 valence electrons. The maximum atomic E-state index is 5.82. The van der Waals surface area contributed by atoms with E-state index >= 15 is 0 Å². The Labute approximate surface area is 169 Å². The molecular formula is C22H22ClN3S. The summed E-state index contributed by atoms with van der Waals surface area (Å²) in [6.45, 7) is 4.22. The van der Waals surface area contributed by atoms with Crippen molar-refractivity contribution < 1.29 is 0 Å². The minimum absolute atomic E-state index is 0.274. The molecule has 3 aromatic rings. The van der Waals surface area contributed by atoms with E-state index in [2.05, 4.69) is 70.3 Å². The number of fused-ring (bicyclic) bond motifs is 1. The Morgan fingerprint density at radius 3 is 2.63 bits per heavy atom. The molecule has 27 heavy (non-hydrogen) atoms. The van der Waals surface area contributed by atoms with Crippen molar-refractivity contribution in [3.05, 3.63) is 88.5 Å². The van der Waals surface area contributed by atoms with Gasteiger partial charge < -0.3 is 0 Å². The molecule has 1 aromatic heterocycles. The lowest BCUT2D eigenvalue weighted by Gasteiger charge is -2.34. The van der Waals surface area contributed by atoms with Gasteiger partial charge in [0.25, 0.3) is 0 Å². The van der Waals surface area contributed by atoms with Crippen LogP contribution in [0.5, 0.6) is 0 Å². The normalized spacial score (nSPS) is 15.3. The minimum Gasteiger partial charge on any atom is -0.292 e. The van der Waals surface area contributed by atoms with Gasteiger partial charge in [-0.1, -0.05) is 36.4 Å². The van der Waals surface area contributed by atoms with E-state index < -0.39 is 0 Å². The average molecular weight is 396 g/mol. The number of aromatic nitrogens is 2. The lowest BCUT2D eigenvalue weighted by Crippen LogP contribution is -2.33. The van der Waals surface area contributed by atoms with Crippen LogP contribution in [0.4, 0.5) is 0 Å². The van der Waals surface area contributed by atoms with Gasteiger partial charge in [0.15, 0.2) is 0 Å². The highest BCUT2D eigenvalue weighted by atomic mass is 35.5. The number of halogens is 1. The Bertz CT molecular complexity index is 899. The first-order valence-electron chi connectivity index (χ1n) is 9.19. The Hall–Kier alpha value is -1.88. The third-order valence-corrected chi connectivity index (χ3v) is 6.40. The summed E-state index contributed by atoms with van der Waals surface area (Å²) >= 11 is 7.72. The first-order chi connectivity index (χ1) is 13.2. The number of thioether (sulfide) groups is 1. The molecule has 0 saturated carbocycles. The standard InChI is InChI=1S/C22H22ClN3S/c1-16(20-12-24-22(23)25-13-20)26-10-9-18-7-8-21(11-19(18)14-26)27-15-17-5-3-2-4-6-17/h2-8,11-13,16H,9-10,14-15H2,1H3/t16-/m1/s1. The molecule has 0 N–H and O–H groups in total. The lowest BCUT2D eigenvalue weighted by molar-refractivity contribution is 0.191. The average Bonchev–Trinajstić information content (AvgIpc) is 2.72. The fraction of sp³-hybridized carbons (Fsp3) is 0.273. The van der Waals surface area contributed by atoms with Crippen LogP contribution < -0.4 is 0 Å². The van der Waals surface area contributed by atoms with Crippen LogP contribution in [0.2, 0.25) is 5.28 Å². The number of hydrogen-bond acceptors (Lipinski definition) is 4. The van der Waals surface area contributed by atoms with Gasteiger partial charge in [0.1, 0.15) is 0 Å². The van der Waals surface area contributed by atoms with Crippen molar-refractivity contribution >= 4 is 23.4 Å². The van der Waals surface area contributed by atoms with Crippen LogP contribution in [0.1, 0.15) is 35.2 Å². The second-order valence-electron chi connectivity index (χ2n) is 6.89. The highest BCUT2D eigenvalue weighted by Crippen LogP contribution is 2.31. The van der Waals surface area contributed by atoms with Crippen LogP contribution in [0.25, 0.3) is 0 Å². The van der Waals surface area contributed by atoms with Crippen LogP contribution in [-0.4, -0.2) is 21.4 Å². The number of hydrogen-bond donors (Lipinski definition) is 0. The molecule has 3 nitrogen and oxygen atoms in total. The second-order valence-corrected chi connectivity index (χ2v) is 8.27. The zero-order valence-electron chi connectivity index (χ0n) is 15.3. The van der Waals surface area contributed by atoms with Gasteiger partial charge in [0.2, 0.25) is 5.28 Å². The summed E-state index contributed by atoms with van der Waals surface area (Å²) in [7, 11) is 0. The van der Waals surface area contributed by atoms with Gasteiger partial charge in [-0.3, -0.25) is 4.90 Å². The summed E-state index contributed by atoms with van der Waals surface area (Å²) in [6, 6.07) is 17.8. The Morgan fingerprint density at radius 2 is 1.85 bits per heavy atom. The fourth-order valence-electron chi connectivity index (χ4n) is 3.47. The van der Waals surface area contributed by atoms with Gasteiger partial charge in [-0.2, -0.15) is 0 Å². The summed E-state index contributed by atoms with van der Waals surface area (Å²) in [5, 5.41) is 0.301. The van der Waals surface area contributed by atoms with E-state index in [-0.39, 0.29) is 6.04 Å². The SMILES string of the molecule is C[C@H](c1cnc(Cl)nc1)N1CCc2ccc(SCc3ccccc3)cc2C1. The minimum atomic E-state index is 0.274. The first-order valence-corrected chi connectivity index (χ1v) is 10.6. The van der Waals surface area contributed by atoms with Gasteiger partial charge in [0.05, 0.1) is 0 Å². The Morgan fingerprint density at radius 1 is 1.07 bits per heavy atom. The fourth-order valence-corrected chi connectivity index (χ4v) is 4.48. The maximum Gasteiger partial charge on any atom is 0.222 e. The van der Waals surface area contributed by atoms with Crippen LogP contribution in [0.15, 0.2) is 65.8 Å². The van der Waals surface area contributed by atoms with Crippen LogP contribution in [0, 0.1) is 0 Å². The molecule has 2 aromatic carbocycles. The van der Waals surface area contributed by atoms with Crippen molar-refractivity contribution in [2.24, 2.45) is 0 Å². The van der Waals surface area contributed by atoms with Crippen molar-refractivity contribution in [3.8, 4) is 0 Å². The quantitative estimate of drug-likeness (QED) is 0.419. The van der Waals surface area contributed by atoms with Gasteiger partial charge in [-0.05, 0) is 53.8 Å². The molecule has 0 radical (unpaired) electrons. The molecule has 2 heterocycles. The van der Waals surface area contributed by atoms with Crippen molar-refractivity contribution in [1.29, 1.82) is 0 Å². The van der Waals surface area contributed by atoms with Gasteiger partial charge in [-0.15, -0.1) is 11.8 Å². The number of rotatable bonds is 5. The molecule has 0 amide bonds. The molecule has 0 bridgehead atoms. The van der Waals surface area contributed by atoms with E-state index in [0.717, 1.165) is 30.8 Å². The molecule has 1 aliphatic heterocycles. The third-order valence-electron chi connectivity index (χ3n) is 5.14. The summed E-state index contributed by atoms with van der Waals surface area (Å²) in [6.07, 6.45) is 4.75. The third kappa shape index (κ3) is 4.52. The zero-order chi connectivity index (χ0) is 18.6. The molecular weight excluding hydrogens is 374 g/mol. The molecule has 5 heteroatoms. The molecule has 0 fully saturated rings. The van der Waals surface area contributed by atoms with Crippen LogP contribution in [-0.2, 0) is 18.7 Å². The lowest BCUT2D eigenvalue weighted by atomic mass is 9.97. The maximum absolute atomic E-state index is 5.82. The van der Waals surface area contributed by atoms with E-state index in [9.17, 15) is 0 Å². The summed E-state index contributed by atoms with van der Waals surface area (Å²) in [5.41, 5.74) is 5.37.